The Morgan fingerprint density at radius 1 is 1.00 bits per heavy atom. The van der Waals surface area contributed by atoms with Gasteiger partial charge in [0.2, 0.25) is 11.8 Å². The third kappa shape index (κ3) is 6.63. The third-order valence-electron chi connectivity index (χ3n) is 4.59. The lowest BCUT2D eigenvalue weighted by Gasteiger charge is -2.31. The van der Waals surface area contributed by atoms with Crippen LogP contribution in [0, 0.1) is 0 Å². The zero-order chi connectivity index (χ0) is 21.4. The second-order valence-corrected chi connectivity index (χ2v) is 7.99. The lowest BCUT2D eigenvalue weighted by Crippen LogP contribution is -2.49. The number of amides is 2. The molecular weight excluding hydrogens is 431 g/mol. The molecule has 0 unspecified atom stereocenters. The molecule has 156 valence electrons. The lowest BCUT2D eigenvalue weighted by atomic mass is 10.1. The first kappa shape index (κ1) is 23.5. The number of hydrogen-bond donors (Lipinski definition) is 1. The van der Waals surface area contributed by atoms with E-state index in [9.17, 15) is 9.59 Å². The van der Waals surface area contributed by atoms with Crippen molar-refractivity contribution >= 4 is 46.6 Å². The topological polar surface area (TPSA) is 49.4 Å². The summed E-state index contributed by atoms with van der Waals surface area (Å²) >= 11 is 18.6. The lowest BCUT2D eigenvalue weighted by molar-refractivity contribution is -0.140. The minimum Gasteiger partial charge on any atom is -0.354 e. The molecule has 0 aliphatic carbocycles. The highest BCUT2D eigenvalue weighted by molar-refractivity contribution is 6.35. The summed E-state index contributed by atoms with van der Waals surface area (Å²) in [4.78, 5) is 27.6. The molecule has 2 rings (SSSR count). The summed E-state index contributed by atoms with van der Waals surface area (Å²) in [5, 5.41) is 4.38. The summed E-state index contributed by atoms with van der Waals surface area (Å²) in [5.41, 5.74) is 1.44. The van der Waals surface area contributed by atoms with Gasteiger partial charge in [-0.15, -0.1) is 0 Å². The number of nitrogens with zero attached hydrogens (tertiary/aromatic N) is 1. The van der Waals surface area contributed by atoms with Gasteiger partial charge in [0.05, 0.1) is 6.42 Å². The van der Waals surface area contributed by atoms with Crippen molar-refractivity contribution in [1.82, 2.24) is 10.2 Å². The molecule has 2 amide bonds. The standard InChI is InChI=1S/C22H25Cl3N2O2/c1-3-11-26-22(29)20(4-2)27(14-16-9-10-17(23)13-19(16)25)21(28)12-15-7-5-6-8-18(15)24/h5-10,13,20H,3-4,11-12,14H2,1-2H3,(H,26,29)/t20-/m1/s1. The molecule has 0 spiro atoms. The second kappa shape index (κ2) is 11.4. The SMILES string of the molecule is CCCNC(=O)[C@@H](CC)N(Cc1ccc(Cl)cc1Cl)C(=O)Cc1ccccc1Cl. The summed E-state index contributed by atoms with van der Waals surface area (Å²) in [5.74, 6) is -0.366. The number of carbonyl (C=O) groups is 2. The molecular formula is C22H25Cl3N2O2. The highest BCUT2D eigenvalue weighted by Gasteiger charge is 2.29. The van der Waals surface area contributed by atoms with Crippen LogP contribution in [0.2, 0.25) is 15.1 Å². The van der Waals surface area contributed by atoms with Crippen LogP contribution in [0.3, 0.4) is 0 Å². The molecule has 0 bridgehead atoms. The van der Waals surface area contributed by atoms with E-state index >= 15 is 0 Å². The maximum Gasteiger partial charge on any atom is 0.242 e. The van der Waals surface area contributed by atoms with Crippen LogP contribution in [0.15, 0.2) is 42.5 Å². The molecule has 0 aliphatic heterocycles. The predicted molar refractivity (Wildman–Crippen MR) is 120 cm³/mol. The van der Waals surface area contributed by atoms with Crippen molar-refractivity contribution in [3.63, 3.8) is 0 Å². The monoisotopic (exact) mass is 454 g/mol. The molecule has 1 N–H and O–H groups in total. The Labute approximate surface area is 187 Å². The molecule has 0 radical (unpaired) electrons. The number of carbonyl (C=O) groups excluding carboxylic acids is 2. The van der Waals surface area contributed by atoms with Gasteiger partial charge in [0.1, 0.15) is 6.04 Å². The highest BCUT2D eigenvalue weighted by Crippen LogP contribution is 2.25. The molecule has 29 heavy (non-hydrogen) atoms. The second-order valence-electron chi connectivity index (χ2n) is 6.74. The summed E-state index contributed by atoms with van der Waals surface area (Å²) in [6, 6.07) is 11.7. The number of halogens is 3. The number of nitrogens with one attached hydrogen (secondary N) is 1. The summed E-state index contributed by atoms with van der Waals surface area (Å²) in [7, 11) is 0. The first-order valence-corrected chi connectivity index (χ1v) is 10.7. The van der Waals surface area contributed by atoms with Gasteiger partial charge >= 0.3 is 0 Å². The number of rotatable bonds is 9. The van der Waals surface area contributed by atoms with Gasteiger partial charge in [-0.25, -0.2) is 0 Å². The van der Waals surface area contributed by atoms with Gasteiger partial charge in [-0.1, -0.05) is 72.9 Å². The number of hydrogen-bond acceptors (Lipinski definition) is 2. The fourth-order valence-electron chi connectivity index (χ4n) is 3.03. The summed E-state index contributed by atoms with van der Waals surface area (Å²) < 4.78 is 0. The normalized spacial score (nSPS) is 11.8. The van der Waals surface area contributed by atoms with Crippen molar-refractivity contribution in [1.29, 1.82) is 0 Å². The van der Waals surface area contributed by atoms with E-state index < -0.39 is 6.04 Å². The average Bonchev–Trinajstić information content (AvgIpc) is 2.69. The maximum atomic E-state index is 13.2. The smallest absolute Gasteiger partial charge is 0.242 e. The Morgan fingerprint density at radius 2 is 1.72 bits per heavy atom. The molecule has 4 nitrogen and oxygen atoms in total. The van der Waals surface area contributed by atoms with Crippen molar-refractivity contribution in [3.05, 3.63) is 68.7 Å². The van der Waals surface area contributed by atoms with E-state index in [1.54, 1.807) is 29.2 Å². The molecule has 7 heteroatoms. The van der Waals surface area contributed by atoms with Crippen LogP contribution in [-0.2, 0) is 22.6 Å². The van der Waals surface area contributed by atoms with Crippen molar-refractivity contribution in [3.8, 4) is 0 Å². The van der Waals surface area contributed by atoms with Crippen LogP contribution in [0.25, 0.3) is 0 Å². The zero-order valence-corrected chi connectivity index (χ0v) is 18.8. The van der Waals surface area contributed by atoms with E-state index in [0.717, 1.165) is 17.5 Å². The third-order valence-corrected chi connectivity index (χ3v) is 5.55. The van der Waals surface area contributed by atoms with Crippen LogP contribution in [0.1, 0.15) is 37.8 Å². The first-order valence-electron chi connectivity index (χ1n) is 9.61. The molecule has 1 atom stereocenters. The summed E-state index contributed by atoms with van der Waals surface area (Å²) in [6.45, 7) is 4.63. The van der Waals surface area contributed by atoms with Gasteiger partial charge in [0, 0.05) is 28.2 Å². The Balaban J connectivity index is 2.33. The fourth-order valence-corrected chi connectivity index (χ4v) is 3.70. The van der Waals surface area contributed by atoms with E-state index in [4.69, 9.17) is 34.8 Å². The minimum atomic E-state index is -0.608. The Bertz CT molecular complexity index is 858. The van der Waals surface area contributed by atoms with Crippen molar-refractivity contribution < 1.29 is 9.59 Å². The van der Waals surface area contributed by atoms with Crippen molar-refractivity contribution in [2.75, 3.05) is 6.54 Å². The molecule has 0 aliphatic rings. The van der Waals surface area contributed by atoms with Crippen LogP contribution in [0.4, 0.5) is 0 Å². The molecule has 2 aromatic carbocycles. The quantitative estimate of drug-likeness (QED) is 0.541. The molecule has 0 saturated heterocycles. The minimum absolute atomic E-state index is 0.0996. The Hall–Kier alpha value is -1.75. The van der Waals surface area contributed by atoms with E-state index in [-0.39, 0.29) is 24.8 Å². The van der Waals surface area contributed by atoms with E-state index in [1.165, 1.54) is 0 Å². The van der Waals surface area contributed by atoms with Crippen LogP contribution in [-0.4, -0.2) is 29.3 Å². The van der Waals surface area contributed by atoms with E-state index in [0.29, 0.717) is 28.0 Å². The van der Waals surface area contributed by atoms with Gasteiger partial charge < -0.3 is 10.2 Å². The van der Waals surface area contributed by atoms with Crippen molar-refractivity contribution in [2.24, 2.45) is 0 Å². The molecule has 2 aromatic rings. The van der Waals surface area contributed by atoms with Gasteiger partial charge in [-0.2, -0.15) is 0 Å². The maximum absolute atomic E-state index is 13.2. The zero-order valence-electron chi connectivity index (χ0n) is 16.6. The summed E-state index contributed by atoms with van der Waals surface area (Å²) in [6.07, 6.45) is 1.40. The van der Waals surface area contributed by atoms with Gasteiger partial charge in [0.15, 0.2) is 0 Å². The van der Waals surface area contributed by atoms with Gasteiger partial charge in [-0.3, -0.25) is 9.59 Å². The first-order chi connectivity index (χ1) is 13.9. The number of benzene rings is 2. The predicted octanol–water partition coefficient (Wildman–Crippen LogP) is 5.52. The van der Waals surface area contributed by atoms with Crippen LogP contribution in [0.5, 0.6) is 0 Å². The molecule has 0 heterocycles. The highest BCUT2D eigenvalue weighted by atomic mass is 35.5. The van der Waals surface area contributed by atoms with E-state index in [2.05, 4.69) is 5.32 Å². The van der Waals surface area contributed by atoms with Gasteiger partial charge in [0.25, 0.3) is 0 Å². The van der Waals surface area contributed by atoms with Crippen LogP contribution < -0.4 is 5.32 Å². The van der Waals surface area contributed by atoms with Gasteiger partial charge in [-0.05, 0) is 42.2 Å². The Kier molecular flexibility index (Phi) is 9.28. The molecule has 0 aromatic heterocycles. The van der Waals surface area contributed by atoms with E-state index in [1.807, 2.05) is 32.0 Å². The molecule has 0 fully saturated rings. The van der Waals surface area contributed by atoms with Crippen molar-refractivity contribution in [2.45, 2.75) is 45.7 Å². The fraction of sp³-hybridized carbons (Fsp3) is 0.364. The average molecular weight is 456 g/mol. The Morgan fingerprint density at radius 3 is 2.34 bits per heavy atom. The largest absolute Gasteiger partial charge is 0.354 e. The van der Waals surface area contributed by atoms with Crippen LogP contribution >= 0.6 is 34.8 Å². The molecule has 0 saturated carbocycles.